The number of hydroxylamine groups is 2. The molecule has 6 nitrogen and oxygen atoms in total. The highest BCUT2D eigenvalue weighted by molar-refractivity contribution is 5.40. The Bertz CT molecular complexity index is 810. The van der Waals surface area contributed by atoms with E-state index in [1.54, 1.807) is 7.11 Å². The number of ether oxygens (including phenoxy) is 2. The number of nitrogens with zero attached hydrogens (tertiary/aromatic N) is 1. The van der Waals surface area contributed by atoms with Crippen LogP contribution in [0.25, 0.3) is 0 Å². The summed E-state index contributed by atoms with van der Waals surface area (Å²) in [7, 11) is 3.19. The van der Waals surface area contributed by atoms with Crippen molar-refractivity contribution < 1.29 is 19.4 Å². The Morgan fingerprint density at radius 2 is 1.89 bits per heavy atom. The van der Waals surface area contributed by atoms with Crippen LogP contribution >= 0.6 is 0 Å². The lowest BCUT2D eigenvalue weighted by molar-refractivity contribution is -0.180. The van der Waals surface area contributed by atoms with Gasteiger partial charge in [-0.25, -0.2) is 0 Å². The van der Waals surface area contributed by atoms with E-state index in [9.17, 15) is 5.11 Å². The lowest BCUT2D eigenvalue weighted by Gasteiger charge is -2.40. The van der Waals surface area contributed by atoms with Crippen LogP contribution in [0.1, 0.15) is 85.3 Å². The van der Waals surface area contributed by atoms with Gasteiger partial charge in [0, 0.05) is 11.5 Å². The Morgan fingerprint density at radius 3 is 2.43 bits per heavy atom. The maximum atomic E-state index is 9.61. The smallest absolute Gasteiger partial charge is 0.126 e. The minimum Gasteiger partial charge on any atom is -0.496 e. The third kappa shape index (κ3) is 8.44. The first kappa shape index (κ1) is 33.4. The standard InChI is InChI=1S/C18H25NO4.C10H20.C2H6.CH5N/c1-4-6-15-17-14(11-22-15)16(10-20)23-19(17)9-13-8-5-7-12(2)18(13)21-3;1-8-6-5-7-10(3,4)9(8)2;2*1-2/h5-8,14,16-17,20H,4,9-11H2,1-3H3;8-9H,5-7H2,1-4H3;1-2H3;2H2,1H3/b15-6-;;;/t14-,16?,17+;8?,9-;;/m10../s1. The molecular weight excluding hydrogens is 464 g/mol. The van der Waals surface area contributed by atoms with Crippen molar-refractivity contribution in [3.05, 3.63) is 41.2 Å². The molecule has 0 bridgehead atoms. The summed E-state index contributed by atoms with van der Waals surface area (Å²) in [6, 6.07) is 6.18. The van der Waals surface area contributed by atoms with Gasteiger partial charge >= 0.3 is 0 Å². The third-order valence-corrected chi connectivity index (χ3v) is 8.17. The van der Waals surface area contributed by atoms with Crippen LogP contribution in [0.15, 0.2) is 30.0 Å². The topological polar surface area (TPSA) is 77.2 Å². The average Bonchev–Trinajstić information content (AvgIpc) is 3.47. The SMILES string of the molecule is CC.CC/C=C1\OC[C@@H]2C(CO)ON(Cc3cccc(C)c3OC)[C@H]12.CC1CCCC(C)(C)[C@H]1C.CN. The number of fused-ring (bicyclic) bond motifs is 1. The number of aryl methyl sites for hydroxylation is 1. The minimum absolute atomic E-state index is 0.00534. The number of nitrogens with two attached hydrogens (primary N) is 1. The molecule has 3 N–H and O–H groups in total. The van der Waals surface area contributed by atoms with Crippen molar-refractivity contribution in [3.63, 3.8) is 0 Å². The lowest BCUT2D eigenvalue weighted by Crippen LogP contribution is -2.31. The predicted octanol–water partition coefficient (Wildman–Crippen LogP) is 6.49. The van der Waals surface area contributed by atoms with Gasteiger partial charge in [-0.3, -0.25) is 4.84 Å². The van der Waals surface area contributed by atoms with Crippen LogP contribution in [0.2, 0.25) is 0 Å². The molecule has 0 amide bonds. The quantitative estimate of drug-likeness (QED) is 0.462. The van der Waals surface area contributed by atoms with Gasteiger partial charge in [-0.2, -0.15) is 5.06 Å². The summed E-state index contributed by atoms with van der Waals surface area (Å²) in [5, 5.41) is 11.5. The molecule has 6 heteroatoms. The monoisotopic (exact) mass is 520 g/mol. The van der Waals surface area contributed by atoms with Crippen LogP contribution in [0.4, 0.5) is 0 Å². The van der Waals surface area contributed by atoms with Gasteiger partial charge in [0.1, 0.15) is 23.7 Å². The summed E-state index contributed by atoms with van der Waals surface area (Å²) in [5.41, 5.74) is 7.29. The molecule has 0 radical (unpaired) electrons. The summed E-state index contributed by atoms with van der Waals surface area (Å²) in [5.74, 6) is 3.89. The van der Waals surface area contributed by atoms with Gasteiger partial charge in [-0.05, 0) is 55.7 Å². The van der Waals surface area contributed by atoms with Gasteiger partial charge in [0.25, 0.3) is 0 Å². The number of allylic oxidation sites excluding steroid dienone is 1. The Balaban J connectivity index is 0.000000409. The van der Waals surface area contributed by atoms with Crippen LogP contribution in [0, 0.1) is 30.1 Å². The van der Waals surface area contributed by atoms with Crippen molar-refractivity contribution >= 4 is 0 Å². The fourth-order valence-electron chi connectivity index (χ4n) is 5.67. The zero-order chi connectivity index (χ0) is 28.2. The molecule has 3 aliphatic rings. The van der Waals surface area contributed by atoms with E-state index in [1.165, 1.54) is 26.3 Å². The van der Waals surface area contributed by atoms with Crippen molar-refractivity contribution in [2.24, 2.45) is 28.9 Å². The van der Waals surface area contributed by atoms with E-state index >= 15 is 0 Å². The van der Waals surface area contributed by atoms with Crippen molar-refractivity contribution in [1.82, 2.24) is 5.06 Å². The molecule has 2 aliphatic heterocycles. The fraction of sp³-hybridized carbons (Fsp3) is 0.742. The first-order valence-electron chi connectivity index (χ1n) is 14.3. The molecule has 4 rings (SSSR count). The molecular formula is C31H56N2O4. The highest BCUT2D eigenvalue weighted by Crippen LogP contribution is 2.43. The number of aliphatic hydroxyl groups excluding tert-OH is 1. The molecule has 0 aromatic heterocycles. The number of hydrogen-bond donors (Lipinski definition) is 2. The first-order chi connectivity index (χ1) is 17.7. The van der Waals surface area contributed by atoms with Crippen molar-refractivity contribution in [2.45, 2.75) is 99.8 Å². The van der Waals surface area contributed by atoms with E-state index in [4.69, 9.17) is 14.3 Å². The zero-order valence-corrected chi connectivity index (χ0v) is 25.3. The van der Waals surface area contributed by atoms with Crippen molar-refractivity contribution in [1.29, 1.82) is 0 Å². The summed E-state index contributed by atoms with van der Waals surface area (Å²) in [6.45, 7) is 19.0. The van der Waals surface area contributed by atoms with E-state index in [2.05, 4.69) is 52.5 Å². The van der Waals surface area contributed by atoms with Gasteiger partial charge in [0.2, 0.25) is 0 Å². The highest BCUT2D eigenvalue weighted by Gasteiger charge is 2.50. The zero-order valence-electron chi connectivity index (χ0n) is 25.3. The molecule has 2 unspecified atom stereocenters. The number of aliphatic hydroxyl groups is 1. The van der Waals surface area contributed by atoms with E-state index in [0.717, 1.165) is 40.9 Å². The van der Waals surface area contributed by atoms with Gasteiger partial charge in [0.15, 0.2) is 0 Å². The predicted molar refractivity (Wildman–Crippen MR) is 154 cm³/mol. The molecule has 1 aromatic carbocycles. The molecule has 1 aliphatic carbocycles. The normalized spacial score (nSPS) is 29.0. The summed E-state index contributed by atoms with van der Waals surface area (Å²) in [6.07, 6.45) is 7.14. The second-order valence-electron chi connectivity index (χ2n) is 10.8. The van der Waals surface area contributed by atoms with Gasteiger partial charge in [0.05, 0.1) is 26.9 Å². The van der Waals surface area contributed by atoms with Crippen LogP contribution in [-0.4, -0.2) is 49.7 Å². The first-order valence-corrected chi connectivity index (χ1v) is 14.3. The van der Waals surface area contributed by atoms with E-state index in [0.29, 0.717) is 18.6 Å². The number of methoxy groups -OCH3 is 1. The second-order valence-corrected chi connectivity index (χ2v) is 10.8. The molecule has 214 valence electrons. The van der Waals surface area contributed by atoms with Crippen LogP contribution < -0.4 is 10.5 Å². The molecule has 5 atom stereocenters. The molecule has 37 heavy (non-hydrogen) atoms. The van der Waals surface area contributed by atoms with Crippen LogP contribution in [0.5, 0.6) is 5.75 Å². The van der Waals surface area contributed by atoms with Gasteiger partial charge in [-0.1, -0.05) is 79.5 Å². The van der Waals surface area contributed by atoms with Gasteiger partial charge in [-0.15, -0.1) is 0 Å². The maximum Gasteiger partial charge on any atom is 0.126 e. The number of hydrogen-bond acceptors (Lipinski definition) is 6. The van der Waals surface area contributed by atoms with Crippen LogP contribution in [0.3, 0.4) is 0 Å². The number of rotatable bonds is 5. The van der Waals surface area contributed by atoms with E-state index in [-0.39, 0.29) is 24.7 Å². The van der Waals surface area contributed by atoms with Crippen molar-refractivity contribution in [3.8, 4) is 5.75 Å². The average molecular weight is 521 g/mol. The Kier molecular flexibility index (Phi) is 14.8. The number of para-hydroxylation sites is 1. The third-order valence-electron chi connectivity index (χ3n) is 8.17. The highest BCUT2D eigenvalue weighted by atomic mass is 16.7. The minimum atomic E-state index is -0.210. The molecule has 2 saturated heterocycles. The van der Waals surface area contributed by atoms with Crippen LogP contribution in [-0.2, 0) is 16.1 Å². The molecule has 3 fully saturated rings. The van der Waals surface area contributed by atoms with Crippen molar-refractivity contribution in [2.75, 3.05) is 27.4 Å². The Hall–Kier alpha value is -1.60. The Morgan fingerprint density at radius 1 is 1.22 bits per heavy atom. The summed E-state index contributed by atoms with van der Waals surface area (Å²) in [4.78, 5) is 6.00. The van der Waals surface area contributed by atoms with E-state index < -0.39 is 0 Å². The lowest BCUT2D eigenvalue weighted by atomic mass is 9.65. The van der Waals surface area contributed by atoms with Gasteiger partial charge < -0.3 is 20.3 Å². The second kappa shape index (κ2) is 16.4. The molecule has 0 spiro atoms. The number of benzene rings is 1. The molecule has 2 heterocycles. The molecule has 1 saturated carbocycles. The fourth-order valence-corrected chi connectivity index (χ4v) is 5.67. The van der Waals surface area contributed by atoms with E-state index in [1.807, 2.05) is 38.0 Å². The summed E-state index contributed by atoms with van der Waals surface area (Å²) >= 11 is 0. The Labute approximate surface area is 227 Å². The maximum absolute atomic E-state index is 9.61. The largest absolute Gasteiger partial charge is 0.496 e. The molecule has 1 aromatic rings. The summed E-state index contributed by atoms with van der Waals surface area (Å²) < 4.78 is 11.4.